The van der Waals surface area contributed by atoms with Crippen LogP contribution in [-0.2, 0) is 16.1 Å². The third-order valence-electron chi connectivity index (χ3n) is 2.82. The predicted molar refractivity (Wildman–Crippen MR) is 59.6 cm³/mol. The van der Waals surface area contributed by atoms with Crippen LogP contribution in [0, 0.1) is 5.92 Å². The lowest BCUT2D eigenvalue weighted by molar-refractivity contribution is 0.105. The maximum absolute atomic E-state index is 5.61. The van der Waals surface area contributed by atoms with Crippen molar-refractivity contribution < 1.29 is 9.47 Å². The van der Waals surface area contributed by atoms with Crippen LogP contribution < -0.4 is 0 Å². The van der Waals surface area contributed by atoms with E-state index in [9.17, 15) is 0 Å². The molecule has 0 aliphatic carbocycles. The van der Waals surface area contributed by atoms with Crippen LogP contribution in [0.5, 0.6) is 0 Å². The zero-order valence-corrected chi connectivity index (χ0v) is 9.19. The van der Waals surface area contributed by atoms with E-state index in [1.807, 2.05) is 18.2 Å². The minimum atomic E-state index is 0.505. The average molecular weight is 206 g/mol. The lowest BCUT2D eigenvalue weighted by Gasteiger charge is -2.08. The van der Waals surface area contributed by atoms with Gasteiger partial charge in [-0.2, -0.15) is 0 Å². The van der Waals surface area contributed by atoms with E-state index in [1.54, 1.807) is 0 Å². The van der Waals surface area contributed by atoms with Gasteiger partial charge in [-0.25, -0.2) is 0 Å². The Morgan fingerprint density at radius 1 is 1.40 bits per heavy atom. The van der Waals surface area contributed by atoms with Gasteiger partial charge in [-0.3, -0.25) is 0 Å². The van der Waals surface area contributed by atoms with Gasteiger partial charge in [-0.15, -0.1) is 0 Å². The van der Waals surface area contributed by atoms with Crippen LogP contribution in [0.15, 0.2) is 30.3 Å². The van der Waals surface area contributed by atoms with Crippen LogP contribution in [-0.4, -0.2) is 19.3 Å². The van der Waals surface area contributed by atoms with E-state index < -0.39 is 0 Å². The van der Waals surface area contributed by atoms with Crippen molar-refractivity contribution in [2.45, 2.75) is 26.1 Å². The molecule has 0 saturated carbocycles. The first kappa shape index (κ1) is 10.7. The largest absolute Gasteiger partial charge is 0.377 e. The predicted octanol–water partition coefficient (Wildman–Crippen LogP) is 2.63. The second kappa shape index (κ2) is 5.29. The molecule has 0 bridgehead atoms. The number of epoxide rings is 1. The monoisotopic (exact) mass is 206 g/mol. The fourth-order valence-corrected chi connectivity index (χ4v) is 1.60. The Morgan fingerprint density at radius 2 is 2.13 bits per heavy atom. The van der Waals surface area contributed by atoms with Crippen molar-refractivity contribution >= 4 is 0 Å². The molecule has 1 aromatic carbocycles. The molecule has 0 N–H and O–H groups in total. The molecule has 0 spiro atoms. The molecule has 15 heavy (non-hydrogen) atoms. The van der Waals surface area contributed by atoms with Gasteiger partial charge in [0.1, 0.15) is 0 Å². The van der Waals surface area contributed by atoms with Crippen LogP contribution in [0.1, 0.15) is 18.9 Å². The molecule has 1 saturated heterocycles. The summed E-state index contributed by atoms with van der Waals surface area (Å²) in [5, 5.41) is 0. The molecule has 2 nitrogen and oxygen atoms in total. The molecule has 2 heteroatoms. The molecular formula is C13H18O2. The number of hydrogen-bond donors (Lipinski definition) is 0. The first-order chi connectivity index (χ1) is 7.36. The minimum absolute atomic E-state index is 0.505. The SMILES string of the molecule is C[C@@H](CCOCc1ccccc1)[C@@H]1CO1. The van der Waals surface area contributed by atoms with Crippen molar-refractivity contribution in [1.29, 1.82) is 0 Å². The highest BCUT2D eigenvalue weighted by molar-refractivity contribution is 5.13. The van der Waals surface area contributed by atoms with Crippen molar-refractivity contribution in [3.63, 3.8) is 0 Å². The molecule has 0 amide bonds. The number of ether oxygens (including phenoxy) is 2. The lowest BCUT2D eigenvalue weighted by atomic mass is 10.1. The van der Waals surface area contributed by atoms with E-state index in [-0.39, 0.29) is 0 Å². The molecule has 2 rings (SSSR count). The molecule has 1 aromatic rings. The highest BCUT2D eigenvalue weighted by Gasteiger charge is 2.28. The topological polar surface area (TPSA) is 21.8 Å². The summed E-state index contributed by atoms with van der Waals surface area (Å²) in [5.74, 6) is 0.640. The quantitative estimate of drug-likeness (QED) is 0.527. The summed E-state index contributed by atoms with van der Waals surface area (Å²) in [4.78, 5) is 0. The van der Waals surface area contributed by atoms with Crippen molar-refractivity contribution in [2.75, 3.05) is 13.2 Å². The molecule has 82 valence electrons. The zero-order valence-electron chi connectivity index (χ0n) is 9.19. The summed E-state index contributed by atoms with van der Waals surface area (Å²) in [7, 11) is 0. The van der Waals surface area contributed by atoms with Gasteiger partial charge in [0.05, 0.1) is 19.3 Å². The van der Waals surface area contributed by atoms with Crippen molar-refractivity contribution in [1.82, 2.24) is 0 Å². The van der Waals surface area contributed by atoms with E-state index in [0.29, 0.717) is 12.0 Å². The molecule has 1 heterocycles. The van der Waals surface area contributed by atoms with Crippen molar-refractivity contribution in [2.24, 2.45) is 5.92 Å². The van der Waals surface area contributed by atoms with Gasteiger partial charge in [0.15, 0.2) is 0 Å². The average Bonchev–Trinajstić information content (AvgIpc) is 3.09. The first-order valence-corrected chi connectivity index (χ1v) is 5.59. The van der Waals surface area contributed by atoms with Gasteiger partial charge in [0, 0.05) is 6.61 Å². The highest BCUT2D eigenvalue weighted by atomic mass is 16.6. The summed E-state index contributed by atoms with van der Waals surface area (Å²) < 4.78 is 10.8. The molecule has 1 aliphatic heterocycles. The molecule has 0 unspecified atom stereocenters. The van der Waals surface area contributed by atoms with Crippen LogP contribution in [0.4, 0.5) is 0 Å². The van der Waals surface area contributed by atoms with E-state index in [2.05, 4.69) is 19.1 Å². The van der Waals surface area contributed by atoms with Crippen LogP contribution >= 0.6 is 0 Å². The van der Waals surface area contributed by atoms with Crippen molar-refractivity contribution in [3.8, 4) is 0 Å². The molecule has 2 atom stereocenters. The summed E-state index contributed by atoms with van der Waals surface area (Å²) >= 11 is 0. The van der Waals surface area contributed by atoms with E-state index in [0.717, 1.165) is 26.2 Å². The summed E-state index contributed by atoms with van der Waals surface area (Å²) in [6.45, 7) is 4.72. The Labute approximate surface area is 91.2 Å². The van der Waals surface area contributed by atoms with E-state index in [4.69, 9.17) is 9.47 Å². The summed E-state index contributed by atoms with van der Waals surface area (Å²) in [6.07, 6.45) is 1.60. The Morgan fingerprint density at radius 3 is 2.80 bits per heavy atom. The molecule has 0 radical (unpaired) electrons. The van der Waals surface area contributed by atoms with Crippen LogP contribution in [0.25, 0.3) is 0 Å². The standard InChI is InChI=1S/C13H18O2/c1-11(13-10-15-13)7-8-14-9-12-5-3-2-4-6-12/h2-6,11,13H,7-10H2,1H3/t11-,13-/m0/s1. The Bertz CT molecular complexity index is 280. The second-order valence-corrected chi connectivity index (χ2v) is 4.18. The second-order valence-electron chi connectivity index (χ2n) is 4.18. The molecule has 1 fully saturated rings. The van der Waals surface area contributed by atoms with Gasteiger partial charge >= 0.3 is 0 Å². The Hall–Kier alpha value is -0.860. The third kappa shape index (κ3) is 3.65. The van der Waals surface area contributed by atoms with Crippen molar-refractivity contribution in [3.05, 3.63) is 35.9 Å². The fraction of sp³-hybridized carbons (Fsp3) is 0.538. The van der Waals surface area contributed by atoms with Gasteiger partial charge in [-0.1, -0.05) is 37.3 Å². The fourth-order valence-electron chi connectivity index (χ4n) is 1.60. The molecule has 0 aromatic heterocycles. The maximum atomic E-state index is 5.61. The minimum Gasteiger partial charge on any atom is -0.377 e. The Balaban J connectivity index is 1.58. The van der Waals surface area contributed by atoms with Gasteiger partial charge in [0.25, 0.3) is 0 Å². The normalized spacial score (nSPS) is 21.3. The van der Waals surface area contributed by atoms with Crippen LogP contribution in [0.3, 0.4) is 0 Å². The highest BCUT2D eigenvalue weighted by Crippen LogP contribution is 2.22. The first-order valence-electron chi connectivity index (χ1n) is 5.59. The van der Waals surface area contributed by atoms with Gasteiger partial charge in [-0.05, 0) is 17.9 Å². The number of rotatable bonds is 6. The van der Waals surface area contributed by atoms with Gasteiger partial charge in [0.2, 0.25) is 0 Å². The third-order valence-corrected chi connectivity index (χ3v) is 2.82. The zero-order chi connectivity index (χ0) is 10.5. The number of benzene rings is 1. The smallest absolute Gasteiger partial charge is 0.0836 e. The molecule has 1 aliphatic rings. The number of hydrogen-bond acceptors (Lipinski definition) is 2. The van der Waals surface area contributed by atoms with E-state index >= 15 is 0 Å². The lowest BCUT2D eigenvalue weighted by Crippen LogP contribution is -2.07. The Kier molecular flexibility index (Phi) is 3.75. The van der Waals surface area contributed by atoms with Gasteiger partial charge < -0.3 is 9.47 Å². The molecular weight excluding hydrogens is 188 g/mol. The summed E-state index contributed by atoms with van der Waals surface area (Å²) in [6, 6.07) is 10.3. The summed E-state index contributed by atoms with van der Waals surface area (Å²) in [5.41, 5.74) is 1.24. The van der Waals surface area contributed by atoms with Crippen LogP contribution in [0.2, 0.25) is 0 Å². The van der Waals surface area contributed by atoms with E-state index in [1.165, 1.54) is 5.56 Å². The maximum Gasteiger partial charge on any atom is 0.0836 e.